The molecule has 53 heavy (non-hydrogen) atoms. The molecule has 3 aliphatic heterocycles. The lowest BCUT2D eigenvalue weighted by Gasteiger charge is -2.46. The van der Waals surface area contributed by atoms with Gasteiger partial charge in [-0.05, 0) is 62.5 Å². The van der Waals surface area contributed by atoms with E-state index in [2.05, 4.69) is 39.2 Å². The number of amides is 3. The predicted molar refractivity (Wildman–Crippen MR) is 203 cm³/mol. The highest BCUT2D eigenvalue weighted by Gasteiger charge is 2.75. The third kappa shape index (κ3) is 8.44. The normalized spacial score (nSPS) is 24.6. The maximum absolute atomic E-state index is 15.3. The number of hydrogen-bond donors (Lipinski definition) is 2. The van der Waals surface area contributed by atoms with E-state index >= 15 is 9.59 Å². The van der Waals surface area contributed by atoms with Crippen LogP contribution in [-0.2, 0) is 35.1 Å². The van der Waals surface area contributed by atoms with Crippen LogP contribution in [0.1, 0.15) is 83.9 Å². The molecule has 2 bridgehead atoms. The summed E-state index contributed by atoms with van der Waals surface area (Å²) in [6, 6.07) is 16.3. The fourth-order valence-corrected chi connectivity index (χ4v) is 9.15. The Morgan fingerprint density at radius 3 is 2.32 bits per heavy atom. The molecule has 3 aliphatic rings. The second kappa shape index (κ2) is 16.4. The van der Waals surface area contributed by atoms with Gasteiger partial charge in [0.05, 0.1) is 36.6 Å². The summed E-state index contributed by atoms with van der Waals surface area (Å²) in [7, 11) is 0. The number of benzene rings is 2. The molecule has 3 saturated heterocycles. The molecule has 2 aromatic carbocycles. The van der Waals surface area contributed by atoms with Crippen molar-refractivity contribution >= 4 is 23.7 Å². The number of rotatable bonds is 17. The molecule has 0 aromatic heterocycles. The Morgan fingerprint density at radius 1 is 1.06 bits per heavy atom. The summed E-state index contributed by atoms with van der Waals surface area (Å²) >= 11 is 0. The van der Waals surface area contributed by atoms with Crippen molar-refractivity contribution < 1.29 is 33.8 Å². The highest BCUT2D eigenvalue weighted by Crippen LogP contribution is 2.59. The van der Waals surface area contributed by atoms with Gasteiger partial charge in [0.2, 0.25) is 17.7 Å². The maximum atomic E-state index is 15.3. The third-order valence-electron chi connectivity index (χ3n) is 10.9. The topological polar surface area (TPSA) is 125 Å². The molecule has 0 aliphatic carbocycles. The van der Waals surface area contributed by atoms with Gasteiger partial charge in [-0.15, -0.1) is 13.2 Å². The van der Waals surface area contributed by atoms with Gasteiger partial charge in [-0.2, -0.15) is 0 Å². The van der Waals surface area contributed by atoms with Gasteiger partial charge in [0.15, 0.2) is 0 Å². The number of nitrogens with one attached hydrogen (secondary N) is 1. The molecule has 2 aromatic rings. The fraction of sp³-hybridized carbons (Fsp3) is 0.535. The highest BCUT2D eigenvalue weighted by molar-refractivity contribution is 5.99. The van der Waals surface area contributed by atoms with E-state index in [1.165, 1.54) is 0 Å². The predicted octanol–water partition coefficient (Wildman–Crippen LogP) is 5.56. The van der Waals surface area contributed by atoms with Crippen molar-refractivity contribution in [2.75, 3.05) is 19.8 Å². The number of allylic oxidation sites excluding steroid dienone is 1. The molecule has 286 valence electrons. The molecule has 3 amide bonds. The largest absolute Gasteiger partial charge is 0.463 e. The number of nitrogens with zero attached hydrogens (tertiary/aromatic N) is 2. The third-order valence-corrected chi connectivity index (χ3v) is 10.9. The minimum absolute atomic E-state index is 0.0933. The number of hydrogen-bond acceptors (Lipinski definition) is 7. The van der Waals surface area contributed by atoms with Gasteiger partial charge in [-0.25, -0.2) is 0 Å². The lowest BCUT2D eigenvalue weighted by atomic mass is 9.70. The number of fused-ring (bicyclic) bond motifs is 1. The van der Waals surface area contributed by atoms with E-state index in [1.54, 1.807) is 22.0 Å². The highest BCUT2D eigenvalue weighted by atomic mass is 16.5. The van der Waals surface area contributed by atoms with Gasteiger partial charge in [-0.3, -0.25) is 19.2 Å². The molecule has 10 nitrogen and oxygen atoms in total. The van der Waals surface area contributed by atoms with Crippen molar-refractivity contribution in [3.8, 4) is 0 Å². The molecular weight excluding hydrogens is 670 g/mol. The first-order valence-corrected chi connectivity index (χ1v) is 18.9. The van der Waals surface area contributed by atoms with Crippen molar-refractivity contribution in [3.63, 3.8) is 0 Å². The van der Waals surface area contributed by atoms with E-state index in [4.69, 9.17) is 9.47 Å². The van der Waals surface area contributed by atoms with Crippen LogP contribution in [0.5, 0.6) is 0 Å². The summed E-state index contributed by atoms with van der Waals surface area (Å²) in [6.07, 6.45) is 5.29. The number of ether oxygens (including phenoxy) is 2. The number of aliphatic hydroxyl groups is 1. The van der Waals surface area contributed by atoms with Gasteiger partial charge in [0, 0.05) is 18.5 Å². The summed E-state index contributed by atoms with van der Waals surface area (Å²) in [5, 5.41) is 14.0. The molecule has 0 saturated carbocycles. The van der Waals surface area contributed by atoms with Crippen molar-refractivity contribution in [2.45, 2.75) is 109 Å². The van der Waals surface area contributed by atoms with Crippen molar-refractivity contribution in [3.05, 3.63) is 97.1 Å². The molecule has 3 heterocycles. The zero-order valence-corrected chi connectivity index (χ0v) is 32.0. The quantitative estimate of drug-likeness (QED) is 0.162. The van der Waals surface area contributed by atoms with Gasteiger partial charge < -0.3 is 29.7 Å². The molecule has 7 atom stereocenters. The monoisotopic (exact) mass is 727 g/mol. The average molecular weight is 728 g/mol. The minimum atomic E-state index is -1.28. The Balaban J connectivity index is 1.53. The van der Waals surface area contributed by atoms with E-state index in [0.29, 0.717) is 32.1 Å². The lowest BCUT2D eigenvalue weighted by molar-refractivity contribution is -0.155. The summed E-state index contributed by atoms with van der Waals surface area (Å²) < 4.78 is 12.4. The number of carbonyl (C=O) groups excluding carboxylic acids is 4. The molecule has 0 radical (unpaired) electrons. The lowest BCUT2D eigenvalue weighted by Crippen LogP contribution is -2.62. The second-order valence-corrected chi connectivity index (χ2v) is 16.6. The summed E-state index contributed by atoms with van der Waals surface area (Å²) in [5.74, 6) is -3.32. The summed E-state index contributed by atoms with van der Waals surface area (Å²) in [5.41, 5.74) is -0.365. The Kier molecular flexibility index (Phi) is 12.3. The summed E-state index contributed by atoms with van der Waals surface area (Å²) in [4.78, 5) is 60.6. The second-order valence-electron chi connectivity index (χ2n) is 16.6. The molecule has 5 rings (SSSR count). The molecular formula is C43H57N3O7. The van der Waals surface area contributed by atoms with Gasteiger partial charge in [0.25, 0.3) is 0 Å². The van der Waals surface area contributed by atoms with Gasteiger partial charge in [0.1, 0.15) is 18.2 Å². The molecule has 3 fully saturated rings. The first-order valence-electron chi connectivity index (χ1n) is 18.9. The SMILES string of the molecule is C=CCCC(=O)OC[C@@H](NC(=O)[C@@H]1[C@H]2C(=O)N([C@@H](CO)Cc3ccccc3)[C@H](C(=O)N(CC=C)C(C)(C)CC(C)(C)C)[C@]23CC[C@H]1O3)c1ccccc1. The standard InChI is InChI=1S/C43H57N3O7/c1-8-10-21-34(48)52-27-32(30-19-15-12-16-20-30)44-38(49)35-33-22-23-43(53-33)36(35)39(50)46(31(26-47)25-29-17-13-11-14-18-29)37(43)40(51)45(24-9-2)42(6,7)28-41(3,4)5/h8-9,11-20,31-33,35-37,47H,1-2,10,21-28H2,3-7H3,(H,44,49)/t31-,32-,33-,35+,36+,37-,43+/m1/s1. The van der Waals surface area contributed by atoms with Crippen molar-refractivity contribution in [2.24, 2.45) is 17.3 Å². The smallest absolute Gasteiger partial charge is 0.306 e. The number of carbonyl (C=O) groups is 4. The number of aliphatic hydroxyl groups excluding tert-OH is 1. The minimum Gasteiger partial charge on any atom is -0.463 e. The number of likely N-dealkylation sites (tertiary alicyclic amines) is 1. The molecule has 10 heteroatoms. The zero-order chi connectivity index (χ0) is 38.6. The van der Waals surface area contributed by atoms with Gasteiger partial charge in [-0.1, -0.05) is 93.6 Å². The van der Waals surface area contributed by atoms with Crippen LogP contribution < -0.4 is 5.32 Å². The average Bonchev–Trinajstić information content (AvgIpc) is 3.77. The Bertz CT molecular complexity index is 1640. The van der Waals surface area contributed by atoms with E-state index < -0.39 is 59.1 Å². The van der Waals surface area contributed by atoms with Crippen molar-refractivity contribution in [1.82, 2.24) is 15.1 Å². The Labute approximate surface area is 314 Å². The zero-order valence-electron chi connectivity index (χ0n) is 32.0. The van der Waals surface area contributed by atoms with Crippen molar-refractivity contribution in [1.29, 1.82) is 0 Å². The fourth-order valence-electron chi connectivity index (χ4n) is 9.15. The summed E-state index contributed by atoms with van der Waals surface area (Å²) in [6.45, 7) is 17.8. The van der Waals surface area contributed by atoms with E-state index in [-0.39, 0.29) is 43.4 Å². The van der Waals surface area contributed by atoms with E-state index in [1.807, 2.05) is 74.5 Å². The van der Waals surface area contributed by atoms with Crippen LogP contribution in [0.2, 0.25) is 0 Å². The van der Waals surface area contributed by atoms with Crippen LogP contribution in [-0.4, -0.2) is 87.7 Å². The first-order chi connectivity index (χ1) is 25.2. The first kappa shape index (κ1) is 39.9. The maximum Gasteiger partial charge on any atom is 0.306 e. The van der Waals surface area contributed by atoms with Crippen LogP contribution in [0.4, 0.5) is 0 Å². The molecule has 1 spiro atoms. The van der Waals surface area contributed by atoms with Crippen LogP contribution >= 0.6 is 0 Å². The van der Waals surface area contributed by atoms with Crippen LogP contribution in [0.25, 0.3) is 0 Å². The molecule has 0 unspecified atom stereocenters. The Hall–Kier alpha value is -4.28. The van der Waals surface area contributed by atoms with Crippen LogP contribution in [0, 0.1) is 17.3 Å². The number of esters is 1. The van der Waals surface area contributed by atoms with Crippen LogP contribution in [0.3, 0.4) is 0 Å². The Morgan fingerprint density at radius 2 is 1.72 bits per heavy atom. The van der Waals surface area contributed by atoms with E-state index in [9.17, 15) is 14.7 Å². The van der Waals surface area contributed by atoms with Crippen LogP contribution in [0.15, 0.2) is 86.0 Å². The van der Waals surface area contributed by atoms with Gasteiger partial charge >= 0.3 is 5.97 Å². The molecule has 2 N–H and O–H groups in total. The van der Waals surface area contributed by atoms with E-state index in [0.717, 1.165) is 11.1 Å².